The number of aryl methyl sites for hydroxylation is 1. The van der Waals surface area contributed by atoms with Crippen molar-refractivity contribution >= 4 is 11.7 Å². The van der Waals surface area contributed by atoms with Crippen LogP contribution < -0.4 is 11.2 Å². The van der Waals surface area contributed by atoms with Crippen molar-refractivity contribution in [3.8, 4) is 0 Å². The summed E-state index contributed by atoms with van der Waals surface area (Å²) in [5.74, 6) is -0.753. The Morgan fingerprint density at radius 2 is 1.71 bits per heavy atom. The first-order valence-electron chi connectivity index (χ1n) is 6.42. The predicted molar refractivity (Wildman–Crippen MR) is 76.4 cm³/mol. The Kier molecular flexibility index (Phi) is 4.27. The molecule has 0 unspecified atom stereocenters. The van der Waals surface area contributed by atoms with Crippen molar-refractivity contribution in [2.24, 2.45) is 0 Å². The van der Waals surface area contributed by atoms with Gasteiger partial charge in [-0.25, -0.2) is 4.79 Å². The van der Waals surface area contributed by atoms with E-state index in [0.717, 1.165) is 6.07 Å². The van der Waals surface area contributed by atoms with Gasteiger partial charge in [-0.3, -0.25) is 19.0 Å². The Morgan fingerprint density at radius 3 is 2.33 bits per heavy atom. The zero-order valence-electron chi connectivity index (χ0n) is 11.5. The van der Waals surface area contributed by atoms with E-state index in [9.17, 15) is 19.2 Å². The Morgan fingerprint density at radius 1 is 1.05 bits per heavy atom. The molecule has 108 valence electrons. The molecule has 0 saturated carbocycles. The lowest BCUT2D eigenvalue weighted by Gasteiger charge is -2.08. The molecule has 1 aromatic carbocycles. The molecular formula is C15H14N2O4. The number of Topliss-reactive ketones (excluding diaryl/α,β-unsaturated/α-hetero) is 1. The van der Waals surface area contributed by atoms with Crippen LogP contribution in [0, 0.1) is 0 Å². The van der Waals surface area contributed by atoms with Crippen LogP contribution in [0.25, 0.3) is 0 Å². The van der Waals surface area contributed by atoms with Gasteiger partial charge in [0.25, 0.3) is 11.5 Å². The molecule has 6 heteroatoms. The fraction of sp³-hybridized carbons (Fsp3) is 0.200. The van der Waals surface area contributed by atoms with E-state index in [2.05, 4.69) is 0 Å². The van der Waals surface area contributed by atoms with E-state index >= 15 is 0 Å². The lowest BCUT2D eigenvalue weighted by atomic mass is 10.2. The summed E-state index contributed by atoms with van der Waals surface area (Å²) in [4.78, 5) is 47.3. The highest BCUT2D eigenvalue weighted by Crippen LogP contribution is 1.99. The van der Waals surface area contributed by atoms with E-state index in [0.29, 0.717) is 4.57 Å². The van der Waals surface area contributed by atoms with Crippen LogP contribution in [0.15, 0.2) is 52.2 Å². The molecule has 1 heterocycles. The molecule has 2 aromatic rings. The molecule has 0 N–H and O–H groups in total. The molecular weight excluding hydrogens is 272 g/mol. The van der Waals surface area contributed by atoms with Gasteiger partial charge in [-0.15, -0.1) is 0 Å². The van der Waals surface area contributed by atoms with E-state index in [4.69, 9.17) is 0 Å². The molecule has 0 spiro atoms. The highest BCUT2D eigenvalue weighted by atomic mass is 16.2. The molecule has 6 nitrogen and oxygen atoms in total. The Bertz CT molecular complexity index is 787. The number of hydrogen-bond donors (Lipinski definition) is 0. The number of benzene rings is 1. The van der Waals surface area contributed by atoms with Gasteiger partial charge in [0.1, 0.15) is 5.78 Å². The molecule has 1 aromatic heterocycles. The third-order valence-corrected chi connectivity index (χ3v) is 2.98. The van der Waals surface area contributed by atoms with Gasteiger partial charge in [0, 0.05) is 30.8 Å². The maximum Gasteiger partial charge on any atom is 0.338 e. The third-order valence-electron chi connectivity index (χ3n) is 2.98. The number of aromatic nitrogens is 2. The van der Waals surface area contributed by atoms with E-state index < -0.39 is 17.2 Å². The van der Waals surface area contributed by atoms with Crippen molar-refractivity contribution in [1.82, 2.24) is 9.13 Å². The van der Waals surface area contributed by atoms with Gasteiger partial charge < -0.3 is 0 Å². The van der Waals surface area contributed by atoms with Gasteiger partial charge in [-0.2, -0.15) is 4.57 Å². The molecule has 0 fully saturated rings. The minimum atomic E-state index is -0.738. The first kappa shape index (κ1) is 14.6. The molecule has 0 bridgehead atoms. The normalized spacial score (nSPS) is 10.3. The van der Waals surface area contributed by atoms with Crippen molar-refractivity contribution < 1.29 is 9.59 Å². The minimum absolute atomic E-state index is 0.0750. The Hall–Kier alpha value is -2.76. The summed E-state index contributed by atoms with van der Waals surface area (Å²) in [7, 11) is 0. The first-order valence-corrected chi connectivity index (χ1v) is 6.42. The van der Waals surface area contributed by atoms with Crippen molar-refractivity contribution in [2.75, 3.05) is 0 Å². The number of carbonyl (C=O) groups is 2. The zero-order chi connectivity index (χ0) is 15.4. The predicted octanol–water partition coefficient (Wildman–Crippen LogP) is 0.678. The third kappa shape index (κ3) is 3.22. The van der Waals surface area contributed by atoms with Gasteiger partial charge in [0.15, 0.2) is 0 Å². The zero-order valence-corrected chi connectivity index (χ0v) is 11.5. The SMILES string of the molecule is CC(=O)CCn1ccc(=O)n(C(=O)c2ccccc2)c1=O. The van der Waals surface area contributed by atoms with E-state index in [-0.39, 0.29) is 24.3 Å². The Labute approximate surface area is 120 Å². The van der Waals surface area contributed by atoms with Gasteiger partial charge in [-0.05, 0) is 19.1 Å². The number of ketones is 1. The molecule has 0 aliphatic rings. The summed E-state index contributed by atoms with van der Waals surface area (Å²) in [5, 5.41) is 0. The monoisotopic (exact) mass is 286 g/mol. The summed E-state index contributed by atoms with van der Waals surface area (Å²) in [6, 6.07) is 9.23. The second kappa shape index (κ2) is 6.13. The largest absolute Gasteiger partial charge is 0.338 e. The molecule has 0 atom stereocenters. The van der Waals surface area contributed by atoms with Crippen LogP contribution in [0.5, 0.6) is 0 Å². The van der Waals surface area contributed by atoms with Crippen LogP contribution in [0.4, 0.5) is 0 Å². The first-order chi connectivity index (χ1) is 10.0. The van der Waals surface area contributed by atoms with Crippen LogP contribution in [0.2, 0.25) is 0 Å². The second-order valence-corrected chi connectivity index (χ2v) is 4.59. The summed E-state index contributed by atoms with van der Waals surface area (Å²) < 4.78 is 1.76. The fourth-order valence-electron chi connectivity index (χ4n) is 1.86. The van der Waals surface area contributed by atoms with Gasteiger partial charge >= 0.3 is 5.69 Å². The van der Waals surface area contributed by atoms with Crippen molar-refractivity contribution in [3.63, 3.8) is 0 Å². The average molecular weight is 286 g/mol. The van der Waals surface area contributed by atoms with Crippen molar-refractivity contribution in [1.29, 1.82) is 0 Å². The number of hydrogen-bond acceptors (Lipinski definition) is 4. The van der Waals surface area contributed by atoms with Gasteiger partial charge in [0.05, 0.1) is 0 Å². The lowest BCUT2D eigenvalue weighted by Crippen LogP contribution is -2.43. The maximum absolute atomic E-state index is 12.3. The highest BCUT2D eigenvalue weighted by Gasteiger charge is 2.15. The second-order valence-electron chi connectivity index (χ2n) is 4.59. The number of nitrogens with zero attached hydrogens (tertiary/aromatic N) is 2. The van der Waals surface area contributed by atoms with Crippen LogP contribution in [0.3, 0.4) is 0 Å². The van der Waals surface area contributed by atoms with Gasteiger partial charge in [0.2, 0.25) is 0 Å². The molecule has 0 amide bonds. The average Bonchev–Trinajstić information content (AvgIpc) is 2.47. The quantitative estimate of drug-likeness (QED) is 0.828. The fourth-order valence-corrected chi connectivity index (χ4v) is 1.86. The lowest BCUT2D eigenvalue weighted by molar-refractivity contribution is -0.117. The Balaban J connectivity index is 2.46. The summed E-state index contributed by atoms with van der Waals surface area (Å²) in [5.41, 5.74) is -1.17. The van der Waals surface area contributed by atoms with Crippen molar-refractivity contribution in [3.05, 3.63) is 69.0 Å². The highest BCUT2D eigenvalue weighted by molar-refractivity contribution is 5.95. The standard InChI is InChI=1S/C15H14N2O4/c1-11(18)7-9-16-10-8-13(19)17(15(16)21)14(20)12-5-3-2-4-6-12/h2-6,8,10H,7,9H2,1H3. The van der Waals surface area contributed by atoms with E-state index in [1.807, 2.05) is 0 Å². The summed E-state index contributed by atoms with van der Waals surface area (Å²) in [6.45, 7) is 1.55. The summed E-state index contributed by atoms with van der Waals surface area (Å²) in [6.07, 6.45) is 1.46. The summed E-state index contributed by atoms with van der Waals surface area (Å²) >= 11 is 0. The molecule has 0 aliphatic carbocycles. The van der Waals surface area contributed by atoms with Crippen LogP contribution in [-0.4, -0.2) is 20.8 Å². The smallest absolute Gasteiger partial charge is 0.300 e. The molecule has 0 saturated heterocycles. The minimum Gasteiger partial charge on any atom is -0.300 e. The van der Waals surface area contributed by atoms with Crippen LogP contribution in [0.1, 0.15) is 23.7 Å². The molecule has 21 heavy (non-hydrogen) atoms. The number of rotatable bonds is 4. The van der Waals surface area contributed by atoms with Gasteiger partial charge in [-0.1, -0.05) is 18.2 Å². The van der Waals surface area contributed by atoms with Crippen LogP contribution in [-0.2, 0) is 11.3 Å². The maximum atomic E-state index is 12.3. The molecule has 0 radical (unpaired) electrons. The van der Waals surface area contributed by atoms with E-state index in [1.54, 1.807) is 18.2 Å². The molecule has 0 aliphatic heterocycles. The number of carbonyl (C=O) groups excluding carboxylic acids is 2. The topological polar surface area (TPSA) is 78.1 Å². The molecule has 2 rings (SSSR count). The van der Waals surface area contributed by atoms with E-state index in [1.165, 1.54) is 29.8 Å². The van der Waals surface area contributed by atoms with Crippen LogP contribution >= 0.6 is 0 Å². The van der Waals surface area contributed by atoms with Crippen molar-refractivity contribution in [2.45, 2.75) is 19.9 Å².